The number of aryl methyl sites for hydroxylation is 2. The summed E-state index contributed by atoms with van der Waals surface area (Å²) in [5.74, 6) is 1.57. The van der Waals surface area contributed by atoms with Crippen LogP contribution in [0, 0.1) is 12.8 Å². The van der Waals surface area contributed by atoms with E-state index < -0.39 is 0 Å². The lowest BCUT2D eigenvalue weighted by atomic mass is 9.94. The molecule has 2 atom stereocenters. The molecular formula is C18H23N5OS. The Morgan fingerprint density at radius 1 is 1.20 bits per heavy atom. The Kier molecular flexibility index (Phi) is 4.65. The van der Waals surface area contributed by atoms with Crippen molar-refractivity contribution < 1.29 is 4.79 Å². The molecule has 3 saturated heterocycles. The van der Waals surface area contributed by atoms with E-state index in [2.05, 4.69) is 24.8 Å². The van der Waals surface area contributed by atoms with Crippen molar-refractivity contribution in [2.45, 2.75) is 38.6 Å². The number of aromatic nitrogens is 3. The van der Waals surface area contributed by atoms with Gasteiger partial charge in [-0.3, -0.25) is 4.79 Å². The first-order valence-corrected chi connectivity index (χ1v) is 9.79. The summed E-state index contributed by atoms with van der Waals surface area (Å²) in [6, 6.07) is 2.12. The average molecular weight is 357 g/mol. The third kappa shape index (κ3) is 3.51. The molecule has 5 rings (SSSR count). The summed E-state index contributed by atoms with van der Waals surface area (Å²) in [7, 11) is 0. The standard InChI is InChI=1S/C18H23N5OS/c1-13-16(25-12-21-13)5-6-17(24)23-10-14-3-4-15(23)11-22(9-14)18-19-7-2-8-20-18/h2,7-8,12,14-15H,3-6,9-11H2,1H3. The Morgan fingerprint density at radius 3 is 2.80 bits per heavy atom. The first kappa shape index (κ1) is 16.4. The molecule has 0 radical (unpaired) electrons. The third-order valence-electron chi connectivity index (χ3n) is 5.28. The molecular weight excluding hydrogens is 334 g/mol. The molecule has 132 valence electrons. The Hall–Kier alpha value is -2.02. The van der Waals surface area contributed by atoms with Gasteiger partial charge in [-0.05, 0) is 38.2 Å². The van der Waals surface area contributed by atoms with Crippen molar-refractivity contribution >= 4 is 23.2 Å². The topological polar surface area (TPSA) is 62.2 Å². The summed E-state index contributed by atoms with van der Waals surface area (Å²) < 4.78 is 0. The summed E-state index contributed by atoms with van der Waals surface area (Å²) in [6.07, 6.45) is 7.22. The van der Waals surface area contributed by atoms with Crippen molar-refractivity contribution in [3.8, 4) is 0 Å². The largest absolute Gasteiger partial charge is 0.338 e. The number of thiazole rings is 1. The molecule has 0 saturated carbocycles. The van der Waals surface area contributed by atoms with Crippen LogP contribution in [0.5, 0.6) is 0 Å². The molecule has 6 nitrogen and oxygen atoms in total. The highest BCUT2D eigenvalue weighted by Crippen LogP contribution is 2.30. The lowest BCUT2D eigenvalue weighted by molar-refractivity contribution is -0.135. The number of anilines is 1. The lowest BCUT2D eigenvalue weighted by Crippen LogP contribution is -2.47. The number of carbonyl (C=O) groups is 1. The highest BCUT2D eigenvalue weighted by atomic mass is 32.1. The van der Waals surface area contributed by atoms with Crippen LogP contribution in [0.2, 0.25) is 0 Å². The zero-order chi connectivity index (χ0) is 17.2. The van der Waals surface area contributed by atoms with Gasteiger partial charge in [0.05, 0.1) is 11.2 Å². The summed E-state index contributed by atoms with van der Waals surface area (Å²) in [5, 5.41) is 0. The van der Waals surface area contributed by atoms with Crippen LogP contribution in [-0.4, -0.2) is 51.4 Å². The maximum Gasteiger partial charge on any atom is 0.225 e. The molecule has 3 aliphatic rings. The van der Waals surface area contributed by atoms with E-state index in [0.717, 1.165) is 44.1 Å². The van der Waals surface area contributed by atoms with E-state index in [4.69, 9.17) is 0 Å². The normalized spacial score (nSPS) is 22.9. The number of carbonyl (C=O) groups excluding carboxylic acids is 1. The number of fused-ring (bicyclic) bond motifs is 4. The Morgan fingerprint density at radius 2 is 2.04 bits per heavy atom. The van der Waals surface area contributed by atoms with Gasteiger partial charge < -0.3 is 9.80 Å². The molecule has 0 aliphatic carbocycles. The molecule has 2 aromatic heterocycles. The second kappa shape index (κ2) is 7.07. The molecule has 5 heterocycles. The summed E-state index contributed by atoms with van der Waals surface area (Å²) in [4.78, 5) is 31.5. The number of hydrogen-bond donors (Lipinski definition) is 0. The molecule has 3 aliphatic heterocycles. The number of nitrogens with zero attached hydrogens (tertiary/aromatic N) is 5. The van der Waals surface area contributed by atoms with Crippen molar-refractivity contribution in [1.82, 2.24) is 19.9 Å². The molecule has 7 heteroatoms. The van der Waals surface area contributed by atoms with Crippen LogP contribution in [0.25, 0.3) is 0 Å². The fraction of sp³-hybridized carbons (Fsp3) is 0.556. The number of piperidine rings is 1. The molecule has 2 aromatic rings. The molecule has 25 heavy (non-hydrogen) atoms. The van der Waals surface area contributed by atoms with Crippen LogP contribution in [0.1, 0.15) is 29.8 Å². The second-order valence-corrected chi connectivity index (χ2v) is 7.90. The van der Waals surface area contributed by atoms with Gasteiger partial charge >= 0.3 is 0 Å². The zero-order valence-electron chi connectivity index (χ0n) is 14.5. The van der Waals surface area contributed by atoms with Gasteiger partial charge in [0.1, 0.15) is 0 Å². The van der Waals surface area contributed by atoms with Gasteiger partial charge in [-0.1, -0.05) is 0 Å². The fourth-order valence-corrected chi connectivity index (χ4v) is 4.72. The Balaban J connectivity index is 1.43. The molecule has 1 amide bonds. The van der Waals surface area contributed by atoms with Gasteiger partial charge in [0, 0.05) is 49.4 Å². The minimum Gasteiger partial charge on any atom is -0.338 e. The van der Waals surface area contributed by atoms with Crippen molar-refractivity contribution in [2.24, 2.45) is 5.92 Å². The molecule has 0 N–H and O–H groups in total. The van der Waals surface area contributed by atoms with Gasteiger partial charge in [-0.25, -0.2) is 15.0 Å². The molecule has 0 spiro atoms. The van der Waals surface area contributed by atoms with Crippen LogP contribution in [-0.2, 0) is 11.2 Å². The maximum absolute atomic E-state index is 12.9. The van der Waals surface area contributed by atoms with E-state index in [0.29, 0.717) is 12.3 Å². The predicted molar refractivity (Wildman–Crippen MR) is 97.6 cm³/mol. The first-order chi connectivity index (χ1) is 12.2. The highest BCUT2D eigenvalue weighted by molar-refractivity contribution is 7.09. The van der Waals surface area contributed by atoms with Gasteiger partial charge in [-0.15, -0.1) is 11.3 Å². The predicted octanol–water partition coefficient (Wildman–Crippen LogP) is 2.30. The van der Waals surface area contributed by atoms with Gasteiger partial charge in [0.2, 0.25) is 11.9 Å². The van der Waals surface area contributed by atoms with Crippen LogP contribution >= 0.6 is 11.3 Å². The maximum atomic E-state index is 12.9. The highest BCUT2D eigenvalue weighted by Gasteiger charge is 2.37. The smallest absolute Gasteiger partial charge is 0.225 e. The van der Waals surface area contributed by atoms with Crippen molar-refractivity contribution in [2.75, 3.05) is 24.5 Å². The van der Waals surface area contributed by atoms with Crippen LogP contribution in [0.4, 0.5) is 5.95 Å². The Bertz CT molecular complexity index is 734. The molecule has 2 unspecified atom stereocenters. The number of amides is 1. The van der Waals surface area contributed by atoms with Gasteiger partial charge in [0.15, 0.2) is 0 Å². The van der Waals surface area contributed by atoms with Crippen molar-refractivity contribution in [1.29, 1.82) is 0 Å². The van der Waals surface area contributed by atoms with Crippen LogP contribution in [0.3, 0.4) is 0 Å². The minimum atomic E-state index is 0.276. The summed E-state index contributed by atoms with van der Waals surface area (Å²) in [5.41, 5.74) is 2.92. The van der Waals surface area contributed by atoms with E-state index in [9.17, 15) is 4.79 Å². The van der Waals surface area contributed by atoms with Crippen molar-refractivity contribution in [3.63, 3.8) is 0 Å². The second-order valence-electron chi connectivity index (χ2n) is 6.96. The van der Waals surface area contributed by atoms with Gasteiger partial charge in [-0.2, -0.15) is 0 Å². The monoisotopic (exact) mass is 357 g/mol. The van der Waals surface area contributed by atoms with E-state index in [1.165, 1.54) is 11.3 Å². The minimum absolute atomic E-state index is 0.276. The average Bonchev–Trinajstić information content (AvgIpc) is 2.85. The zero-order valence-corrected chi connectivity index (χ0v) is 15.3. The van der Waals surface area contributed by atoms with Crippen molar-refractivity contribution in [3.05, 3.63) is 34.5 Å². The van der Waals surface area contributed by atoms with E-state index >= 15 is 0 Å². The van der Waals surface area contributed by atoms with Crippen LogP contribution < -0.4 is 4.90 Å². The molecule has 0 aromatic carbocycles. The first-order valence-electron chi connectivity index (χ1n) is 8.91. The number of hydrogen-bond acceptors (Lipinski definition) is 6. The van der Waals surface area contributed by atoms with E-state index in [1.807, 2.05) is 18.5 Å². The van der Waals surface area contributed by atoms with E-state index in [-0.39, 0.29) is 11.9 Å². The SMILES string of the molecule is Cc1ncsc1CCC(=O)N1CC2CCC1CN(c1ncccn1)C2. The number of rotatable bonds is 4. The lowest BCUT2D eigenvalue weighted by Gasteiger charge is -2.36. The van der Waals surface area contributed by atoms with Crippen LogP contribution in [0.15, 0.2) is 24.0 Å². The van der Waals surface area contributed by atoms with Gasteiger partial charge in [0.25, 0.3) is 0 Å². The summed E-state index contributed by atoms with van der Waals surface area (Å²) >= 11 is 1.65. The quantitative estimate of drug-likeness (QED) is 0.840. The fourth-order valence-electron chi connectivity index (χ4n) is 3.94. The molecule has 2 bridgehead atoms. The molecule has 3 fully saturated rings. The van der Waals surface area contributed by atoms with E-state index in [1.54, 1.807) is 23.7 Å². The Labute approximate surface area is 151 Å². The third-order valence-corrected chi connectivity index (χ3v) is 6.27. The summed E-state index contributed by atoms with van der Waals surface area (Å²) in [6.45, 7) is 4.67.